The van der Waals surface area contributed by atoms with Crippen LogP contribution in [-0.2, 0) is 14.2 Å². The van der Waals surface area contributed by atoms with E-state index in [-0.39, 0.29) is 18.0 Å². The number of aryl methyl sites for hydroxylation is 2. The summed E-state index contributed by atoms with van der Waals surface area (Å²) in [7, 11) is 0. The van der Waals surface area contributed by atoms with Crippen molar-refractivity contribution in [3.63, 3.8) is 0 Å². The van der Waals surface area contributed by atoms with Gasteiger partial charge in [0.15, 0.2) is 5.79 Å². The van der Waals surface area contributed by atoms with E-state index >= 15 is 0 Å². The predicted octanol–water partition coefficient (Wildman–Crippen LogP) is 6.65. The fourth-order valence-corrected chi connectivity index (χ4v) is 4.58. The quantitative estimate of drug-likeness (QED) is 0.113. The lowest BCUT2D eigenvalue weighted by atomic mass is 9.97. The van der Waals surface area contributed by atoms with E-state index in [0.29, 0.717) is 23.1 Å². The standard InChI is InChI=1S/C30H35N3O6/c1-19(18-32-33-31)14-15-24(37-29(36)22-10-7-6-8-11-22)27-25(38-30(4,5)39-27)13-9-12-23-17-20(2)16-21(3)26(23)28(34)35/h6-12,14-17,19,24-25,27H,13,18H2,1-5H3,(H,34,35)/b12-9+,15-14-/t19-,24?,25-,27+/m0/s1. The maximum Gasteiger partial charge on any atom is 0.338 e. The van der Waals surface area contributed by atoms with Gasteiger partial charge in [-0.1, -0.05) is 66.2 Å². The van der Waals surface area contributed by atoms with E-state index in [1.165, 1.54) is 0 Å². The molecule has 1 aliphatic heterocycles. The van der Waals surface area contributed by atoms with Gasteiger partial charge in [0.1, 0.15) is 12.2 Å². The van der Waals surface area contributed by atoms with Gasteiger partial charge in [-0.2, -0.15) is 0 Å². The fraction of sp³-hybridized carbons (Fsp3) is 0.400. The molecule has 0 radical (unpaired) electrons. The summed E-state index contributed by atoms with van der Waals surface area (Å²) in [6.45, 7) is 9.43. The molecule has 0 amide bonds. The molecule has 206 valence electrons. The van der Waals surface area contributed by atoms with Crippen molar-refractivity contribution in [2.75, 3.05) is 6.54 Å². The van der Waals surface area contributed by atoms with Crippen molar-refractivity contribution >= 4 is 18.0 Å². The monoisotopic (exact) mass is 533 g/mol. The molecule has 1 aliphatic rings. The van der Waals surface area contributed by atoms with E-state index in [4.69, 9.17) is 19.7 Å². The summed E-state index contributed by atoms with van der Waals surface area (Å²) in [5, 5.41) is 13.3. The van der Waals surface area contributed by atoms with Gasteiger partial charge in [0, 0.05) is 11.5 Å². The number of nitrogens with zero attached hydrogens (tertiary/aromatic N) is 3. The second kappa shape index (κ2) is 13.2. The Morgan fingerprint density at radius 2 is 1.90 bits per heavy atom. The number of aromatic carboxylic acids is 1. The van der Waals surface area contributed by atoms with E-state index in [9.17, 15) is 14.7 Å². The molecule has 2 aromatic carbocycles. The molecule has 4 atom stereocenters. The molecular formula is C30H35N3O6. The van der Waals surface area contributed by atoms with Gasteiger partial charge in [0.2, 0.25) is 0 Å². The van der Waals surface area contributed by atoms with Crippen LogP contribution in [0.5, 0.6) is 0 Å². The highest BCUT2D eigenvalue weighted by Gasteiger charge is 2.45. The van der Waals surface area contributed by atoms with Crippen LogP contribution in [0.15, 0.2) is 65.8 Å². The second-order valence-electron chi connectivity index (χ2n) is 10.1. The normalized spacial score (nSPS) is 20.0. The number of carboxylic acid groups (broad SMARTS) is 1. The summed E-state index contributed by atoms with van der Waals surface area (Å²) in [5.41, 5.74) is 11.6. The highest BCUT2D eigenvalue weighted by molar-refractivity contribution is 5.94. The summed E-state index contributed by atoms with van der Waals surface area (Å²) in [4.78, 5) is 27.6. The molecule has 1 unspecified atom stereocenters. The van der Waals surface area contributed by atoms with Crippen LogP contribution in [0, 0.1) is 19.8 Å². The topological polar surface area (TPSA) is 131 Å². The molecule has 0 spiro atoms. The van der Waals surface area contributed by atoms with Gasteiger partial charge in [-0.25, -0.2) is 9.59 Å². The van der Waals surface area contributed by atoms with E-state index in [1.807, 2.05) is 44.2 Å². The van der Waals surface area contributed by atoms with Crippen LogP contribution in [0.25, 0.3) is 16.5 Å². The number of ether oxygens (including phenoxy) is 3. The van der Waals surface area contributed by atoms with Crippen molar-refractivity contribution < 1.29 is 28.9 Å². The Morgan fingerprint density at radius 3 is 2.56 bits per heavy atom. The molecule has 0 aliphatic carbocycles. The molecule has 1 N–H and O–H groups in total. The van der Waals surface area contributed by atoms with Gasteiger partial charge < -0.3 is 19.3 Å². The molecule has 9 heteroatoms. The van der Waals surface area contributed by atoms with Crippen LogP contribution in [0.3, 0.4) is 0 Å². The minimum absolute atomic E-state index is 0.0912. The smallest absolute Gasteiger partial charge is 0.338 e. The Hall–Kier alpha value is -3.91. The first kappa shape index (κ1) is 29.6. The first-order valence-electron chi connectivity index (χ1n) is 12.8. The van der Waals surface area contributed by atoms with E-state index in [2.05, 4.69) is 10.0 Å². The zero-order chi connectivity index (χ0) is 28.6. The Kier molecular flexibility index (Phi) is 10.1. The van der Waals surface area contributed by atoms with Gasteiger partial charge in [0.25, 0.3) is 0 Å². The Morgan fingerprint density at radius 1 is 1.18 bits per heavy atom. The lowest BCUT2D eigenvalue weighted by molar-refractivity contribution is -0.152. The van der Waals surface area contributed by atoms with Gasteiger partial charge in [-0.3, -0.25) is 0 Å². The van der Waals surface area contributed by atoms with Crippen LogP contribution in [0.2, 0.25) is 0 Å². The van der Waals surface area contributed by atoms with Crippen LogP contribution < -0.4 is 0 Å². The lowest BCUT2D eigenvalue weighted by Gasteiger charge is -2.24. The minimum atomic E-state index is -0.987. The number of benzene rings is 2. The summed E-state index contributed by atoms with van der Waals surface area (Å²) in [6, 6.07) is 12.4. The predicted molar refractivity (Wildman–Crippen MR) is 148 cm³/mol. The largest absolute Gasteiger partial charge is 0.478 e. The minimum Gasteiger partial charge on any atom is -0.478 e. The highest BCUT2D eigenvalue weighted by atomic mass is 16.8. The first-order chi connectivity index (χ1) is 18.5. The zero-order valence-electron chi connectivity index (χ0n) is 22.9. The third kappa shape index (κ3) is 8.29. The molecule has 39 heavy (non-hydrogen) atoms. The van der Waals surface area contributed by atoms with Crippen LogP contribution in [0.1, 0.15) is 64.6 Å². The Balaban J connectivity index is 1.88. The molecule has 1 heterocycles. The second-order valence-corrected chi connectivity index (χ2v) is 10.1. The number of hydrogen-bond donors (Lipinski definition) is 1. The number of carbonyl (C=O) groups is 2. The number of esters is 1. The van der Waals surface area contributed by atoms with Crippen molar-refractivity contribution in [3.8, 4) is 0 Å². The van der Waals surface area contributed by atoms with Gasteiger partial charge in [0.05, 0.1) is 17.2 Å². The lowest BCUT2D eigenvalue weighted by Crippen LogP contribution is -2.37. The molecule has 0 aromatic heterocycles. The fourth-order valence-electron chi connectivity index (χ4n) is 4.58. The van der Waals surface area contributed by atoms with Crippen LogP contribution in [-0.4, -0.2) is 47.7 Å². The number of rotatable bonds is 11. The van der Waals surface area contributed by atoms with E-state index < -0.39 is 36.0 Å². The third-order valence-corrected chi connectivity index (χ3v) is 6.25. The molecule has 0 bridgehead atoms. The Bertz CT molecular complexity index is 1280. The number of azide groups is 1. The summed E-state index contributed by atoms with van der Waals surface area (Å²) >= 11 is 0. The van der Waals surface area contributed by atoms with Gasteiger partial charge in [-0.05, 0) is 74.9 Å². The van der Waals surface area contributed by atoms with Crippen LogP contribution in [0.4, 0.5) is 0 Å². The summed E-state index contributed by atoms with van der Waals surface area (Å²) < 4.78 is 18.3. The number of carboxylic acids is 1. The average molecular weight is 534 g/mol. The molecular weight excluding hydrogens is 498 g/mol. The average Bonchev–Trinajstić information content (AvgIpc) is 3.18. The molecule has 2 aromatic rings. The molecule has 1 fully saturated rings. The van der Waals surface area contributed by atoms with Crippen molar-refractivity contribution in [2.24, 2.45) is 11.0 Å². The van der Waals surface area contributed by atoms with Crippen molar-refractivity contribution in [2.45, 2.75) is 65.1 Å². The number of carbonyl (C=O) groups excluding carboxylic acids is 1. The molecule has 9 nitrogen and oxygen atoms in total. The van der Waals surface area contributed by atoms with Gasteiger partial charge in [-0.15, -0.1) is 0 Å². The Labute approximate surface area is 228 Å². The zero-order valence-corrected chi connectivity index (χ0v) is 22.9. The summed E-state index contributed by atoms with van der Waals surface area (Å²) in [5.74, 6) is -2.51. The first-order valence-corrected chi connectivity index (χ1v) is 12.8. The van der Waals surface area contributed by atoms with Gasteiger partial charge >= 0.3 is 11.9 Å². The van der Waals surface area contributed by atoms with E-state index in [1.54, 1.807) is 57.2 Å². The van der Waals surface area contributed by atoms with Crippen molar-refractivity contribution in [3.05, 3.63) is 99.0 Å². The molecule has 0 saturated carbocycles. The summed E-state index contributed by atoms with van der Waals surface area (Å²) in [6.07, 6.45) is 5.68. The van der Waals surface area contributed by atoms with E-state index in [0.717, 1.165) is 5.56 Å². The van der Waals surface area contributed by atoms with Crippen molar-refractivity contribution in [1.82, 2.24) is 0 Å². The maximum atomic E-state index is 13.0. The SMILES string of the molecule is Cc1cc(C)c(C(=O)O)c(/C=C/C[C@@H]2OC(C)(C)O[C@@H]2C(/C=C\[C@H](C)CN=[N+]=[N-])OC(=O)c2ccccc2)c1. The highest BCUT2D eigenvalue weighted by Crippen LogP contribution is 2.34. The molecule has 1 saturated heterocycles. The van der Waals surface area contributed by atoms with Crippen LogP contribution >= 0.6 is 0 Å². The number of hydrogen-bond acceptors (Lipinski definition) is 6. The maximum absolute atomic E-state index is 13.0. The third-order valence-electron chi connectivity index (χ3n) is 6.25. The van der Waals surface area contributed by atoms with Crippen molar-refractivity contribution in [1.29, 1.82) is 0 Å². The molecule has 3 rings (SSSR count).